The van der Waals surface area contributed by atoms with Crippen molar-refractivity contribution in [3.8, 4) is 0 Å². The molecule has 0 spiro atoms. The van der Waals surface area contributed by atoms with Gasteiger partial charge in [0.1, 0.15) is 0 Å². The summed E-state index contributed by atoms with van der Waals surface area (Å²) in [5, 5.41) is 48.7. The Labute approximate surface area is 221 Å². The number of aliphatic hydroxyl groups excluding tert-OH is 5. The number of aliphatic hydroxyl groups is 5. The Morgan fingerprint density at radius 3 is 0.538 bits per heavy atom. The molecular weight excluding hydrogens is 444 g/mol. The molecule has 26 heavy (non-hydrogen) atoms. The summed E-state index contributed by atoms with van der Waals surface area (Å²) in [4.78, 5) is 0. The Bertz CT molecular complexity index is 74.7. The van der Waals surface area contributed by atoms with Gasteiger partial charge in [-0.05, 0) is 32.1 Å². The first-order chi connectivity index (χ1) is 11.5. The van der Waals surface area contributed by atoms with E-state index in [0.717, 1.165) is 38.5 Å². The van der Waals surface area contributed by atoms with Gasteiger partial charge < -0.3 is 30.6 Å². The van der Waals surface area contributed by atoms with Crippen LogP contribution in [0.3, 0.4) is 0 Å². The van der Waals surface area contributed by atoms with E-state index in [0.29, 0.717) is 33.0 Å². The molecular formula is C18H47KNbO6. The van der Waals surface area contributed by atoms with Crippen LogP contribution >= 0.6 is 0 Å². The fraction of sp³-hybridized carbons (Fsp3) is 1.00. The van der Waals surface area contributed by atoms with E-state index in [4.69, 9.17) is 25.5 Å². The Hall–Kier alpha value is 2.14. The summed E-state index contributed by atoms with van der Waals surface area (Å²) in [6.45, 7) is 13.2. The molecule has 0 aromatic rings. The molecule has 0 bridgehead atoms. The minimum absolute atomic E-state index is 0. The summed E-state index contributed by atoms with van der Waals surface area (Å²) < 4.78 is 0. The van der Waals surface area contributed by atoms with E-state index in [1.54, 1.807) is 0 Å². The fourth-order valence-electron chi connectivity index (χ4n) is 0. The first-order valence-corrected chi connectivity index (χ1v) is 9.11. The Morgan fingerprint density at radius 2 is 0.538 bits per heavy atom. The first-order valence-electron chi connectivity index (χ1n) is 9.11. The van der Waals surface area contributed by atoms with Crippen LogP contribution in [0.1, 0.15) is 80.1 Å². The molecule has 0 saturated heterocycles. The molecule has 0 unspecified atom stereocenters. The van der Waals surface area contributed by atoms with Gasteiger partial charge in [0.15, 0.2) is 0 Å². The molecule has 0 saturated carbocycles. The predicted octanol–water partition coefficient (Wildman–Crippen LogP) is -1.30. The van der Waals surface area contributed by atoms with Crippen LogP contribution in [0.2, 0.25) is 0 Å². The van der Waals surface area contributed by atoms with E-state index in [9.17, 15) is 5.11 Å². The average molecular weight is 492 g/mol. The second-order valence-corrected chi connectivity index (χ2v) is 4.32. The van der Waals surface area contributed by atoms with Crippen molar-refractivity contribution in [1.29, 1.82) is 0 Å². The maximum atomic E-state index is 9.30. The quantitative estimate of drug-likeness (QED) is 0.295. The third kappa shape index (κ3) is 249. The van der Waals surface area contributed by atoms with Crippen molar-refractivity contribution in [2.75, 3.05) is 39.6 Å². The van der Waals surface area contributed by atoms with E-state index < -0.39 is 0 Å². The zero-order valence-corrected chi connectivity index (χ0v) is 23.9. The molecule has 0 aliphatic carbocycles. The molecule has 161 valence electrons. The van der Waals surface area contributed by atoms with E-state index in [1.807, 2.05) is 41.5 Å². The van der Waals surface area contributed by atoms with Crippen molar-refractivity contribution < 1.29 is 104 Å². The van der Waals surface area contributed by atoms with Crippen molar-refractivity contribution >= 4 is 0 Å². The molecule has 0 aromatic heterocycles. The van der Waals surface area contributed by atoms with Gasteiger partial charge in [-0.15, -0.1) is 6.61 Å². The number of hydrogen-bond acceptors (Lipinski definition) is 6. The van der Waals surface area contributed by atoms with Crippen molar-refractivity contribution in [2.24, 2.45) is 0 Å². The first kappa shape index (κ1) is 51.1. The molecule has 1 radical (unpaired) electrons. The maximum absolute atomic E-state index is 9.30. The molecule has 0 aliphatic heterocycles. The van der Waals surface area contributed by atoms with Gasteiger partial charge in [0.05, 0.1) is 0 Å². The summed E-state index contributed by atoms with van der Waals surface area (Å²) in [5.41, 5.74) is 0. The Balaban J connectivity index is -0.0000000245. The third-order valence-electron chi connectivity index (χ3n) is 1.32. The van der Waals surface area contributed by atoms with Crippen LogP contribution in [-0.4, -0.2) is 65.2 Å². The normalized spacial score (nSPS) is 6.92. The van der Waals surface area contributed by atoms with Gasteiger partial charge in [0.25, 0.3) is 0 Å². The topological polar surface area (TPSA) is 124 Å². The van der Waals surface area contributed by atoms with Crippen LogP contribution in [0.5, 0.6) is 0 Å². The van der Waals surface area contributed by atoms with Gasteiger partial charge in [0, 0.05) is 55.4 Å². The van der Waals surface area contributed by atoms with Crippen molar-refractivity contribution in [3.05, 3.63) is 0 Å². The molecule has 0 heterocycles. The van der Waals surface area contributed by atoms with Crippen LogP contribution in [0.4, 0.5) is 0 Å². The van der Waals surface area contributed by atoms with Crippen LogP contribution in [0, 0.1) is 0 Å². The molecule has 8 heteroatoms. The van der Waals surface area contributed by atoms with Crippen molar-refractivity contribution in [3.63, 3.8) is 0 Å². The molecule has 5 N–H and O–H groups in total. The molecule has 0 aliphatic rings. The molecule has 0 aromatic carbocycles. The smallest absolute Gasteiger partial charge is 0.854 e. The fourth-order valence-corrected chi connectivity index (χ4v) is 0. The van der Waals surface area contributed by atoms with E-state index in [2.05, 4.69) is 0 Å². The molecule has 6 nitrogen and oxygen atoms in total. The van der Waals surface area contributed by atoms with E-state index in [-0.39, 0.29) is 80.4 Å². The van der Waals surface area contributed by atoms with Crippen LogP contribution < -0.4 is 56.5 Å². The number of rotatable bonds is 6. The van der Waals surface area contributed by atoms with Gasteiger partial charge in [0.2, 0.25) is 0 Å². The summed E-state index contributed by atoms with van der Waals surface area (Å²) in [7, 11) is 0. The van der Waals surface area contributed by atoms with Crippen LogP contribution in [0.25, 0.3) is 0 Å². The summed E-state index contributed by atoms with van der Waals surface area (Å²) in [5.74, 6) is 0. The minimum atomic E-state index is 0. The zero-order chi connectivity index (χ0) is 20.5. The SMILES string of the molecule is CCCO.CCCO.CCCO.CCCO.CCCO.CCC[O-].[K+].[Nb]. The van der Waals surface area contributed by atoms with Crippen LogP contribution in [0.15, 0.2) is 0 Å². The van der Waals surface area contributed by atoms with Gasteiger partial charge in [-0.3, -0.25) is 0 Å². The maximum Gasteiger partial charge on any atom is 1.00 e. The predicted molar refractivity (Wildman–Crippen MR) is 102 cm³/mol. The van der Waals surface area contributed by atoms with Crippen molar-refractivity contribution in [1.82, 2.24) is 0 Å². The molecule has 0 atom stereocenters. The van der Waals surface area contributed by atoms with Gasteiger partial charge in [-0.1, -0.05) is 48.0 Å². The average Bonchev–Trinajstić information content (AvgIpc) is 2.68. The summed E-state index contributed by atoms with van der Waals surface area (Å²) in [6, 6.07) is 0. The zero-order valence-electron chi connectivity index (χ0n) is 18.6. The summed E-state index contributed by atoms with van der Waals surface area (Å²) in [6.07, 6.45) is 5.14. The third-order valence-corrected chi connectivity index (χ3v) is 1.32. The number of hydrogen-bond donors (Lipinski definition) is 5. The van der Waals surface area contributed by atoms with Gasteiger partial charge >= 0.3 is 51.4 Å². The molecule has 0 rings (SSSR count). The largest absolute Gasteiger partial charge is 1.00 e. The second kappa shape index (κ2) is 92.8. The monoisotopic (exact) mass is 491 g/mol. The van der Waals surface area contributed by atoms with E-state index in [1.165, 1.54) is 0 Å². The Kier molecular flexibility index (Phi) is 182. The van der Waals surface area contributed by atoms with E-state index >= 15 is 0 Å². The molecule has 0 fully saturated rings. The summed E-state index contributed by atoms with van der Waals surface area (Å²) >= 11 is 0. The standard InChI is InChI=1S/5C3H8O.C3H7O.K.Nb/c6*1-2-3-4;;/h5*4H,2-3H2,1H3;2-3H2,1H3;;/q;;;;;-1;+1;. The van der Waals surface area contributed by atoms with Gasteiger partial charge in [-0.25, -0.2) is 0 Å². The molecule has 0 amide bonds. The second-order valence-electron chi connectivity index (χ2n) is 4.32. The Morgan fingerprint density at radius 1 is 0.462 bits per heavy atom. The van der Waals surface area contributed by atoms with Gasteiger partial charge in [-0.2, -0.15) is 0 Å². The minimum Gasteiger partial charge on any atom is -0.854 e. The van der Waals surface area contributed by atoms with Crippen molar-refractivity contribution in [2.45, 2.75) is 80.1 Å². The van der Waals surface area contributed by atoms with Crippen LogP contribution in [-0.2, 0) is 22.4 Å².